The number of thioether (sulfide) groups is 1. The standard InChI is InChI=1S/C25H23ClN8S/c26-21-11-7-8-19(16-21)18-33-29-23(24(30-33)20-9-3-1-4-10-20)17-27-14-15-35-25-28-31-32-34(25)22-12-5-2-6-13-22/h1-13,16,27H,14-15,17-18H2. The Balaban J connectivity index is 1.23. The Morgan fingerprint density at radius 2 is 1.69 bits per heavy atom. The van der Waals surface area contributed by atoms with Crippen LogP contribution in [-0.2, 0) is 13.1 Å². The van der Waals surface area contributed by atoms with E-state index in [0.717, 1.165) is 45.7 Å². The number of hydrogen-bond donors (Lipinski definition) is 1. The summed E-state index contributed by atoms with van der Waals surface area (Å²) < 4.78 is 1.75. The zero-order valence-corrected chi connectivity index (χ0v) is 20.4. The van der Waals surface area contributed by atoms with Gasteiger partial charge in [0, 0.05) is 29.4 Å². The van der Waals surface area contributed by atoms with Gasteiger partial charge >= 0.3 is 0 Å². The lowest BCUT2D eigenvalue weighted by atomic mass is 10.1. The summed E-state index contributed by atoms with van der Waals surface area (Å²) in [6, 6.07) is 27.8. The van der Waals surface area contributed by atoms with E-state index in [9.17, 15) is 0 Å². The van der Waals surface area contributed by atoms with Gasteiger partial charge in [-0.05, 0) is 40.3 Å². The summed E-state index contributed by atoms with van der Waals surface area (Å²) >= 11 is 7.75. The summed E-state index contributed by atoms with van der Waals surface area (Å²) in [6.07, 6.45) is 0. The van der Waals surface area contributed by atoms with Gasteiger partial charge in [-0.15, -0.1) is 5.10 Å². The first-order valence-electron chi connectivity index (χ1n) is 11.2. The highest BCUT2D eigenvalue weighted by Crippen LogP contribution is 2.21. The molecule has 0 amide bonds. The molecule has 3 aromatic carbocycles. The number of aromatic nitrogens is 7. The Bertz CT molecular complexity index is 1370. The second-order valence-corrected chi connectivity index (χ2v) is 9.25. The summed E-state index contributed by atoms with van der Waals surface area (Å²) in [5.74, 6) is 0.810. The molecular weight excluding hydrogens is 480 g/mol. The minimum Gasteiger partial charge on any atom is -0.310 e. The number of nitrogens with one attached hydrogen (secondary N) is 1. The lowest BCUT2D eigenvalue weighted by molar-refractivity contribution is 0.579. The van der Waals surface area contributed by atoms with E-state index in [1.165, 1.54) is 0 Å². The lowest BCUT2D eigenvalue weighted by Crippen LogP contribution is -2.18. The first-order chi connectivity index (χ1) is 17.3. The Morgan fingerprint density at radius 3 is 2.49 bits per heavy atom. The van der Waals surface area contributed by atoms with Crippen LogP contribution in [0.3, 0.4) is 0 Å². The molecule has 0 fully saturated rings. The summed E-state index contributed by atoms with van der Waals surface area (Å²) in [5.41, 5.74) is 4.81. The van der Waals surface area contributed by atoms with Crippen LogP contribution in [0.15, 0.2) is 90.1 Å². The first kappa shape index (κ1) is 23.2. The van der Waals surface area contributed by atoms with Crippen molar-refractivity contribution in [2.24, 2.45) is 0 Å². The molecule has 0 aliphatic rings. The molecule has 10 heteroatoms. The Morgan fingerprint density at radius 1 is 0.886 bits per heavy atom. The van der Waals surface area contributed by atoms with Crippen LogP contribution in [0.1, 0.15) is 11.3 Å². The van der Waals surface area contributed by atoms with Crippen molar-refractivity contribution in [1.82, 2.24) is 40.5 Å². The summed E-state index contributed by atoms with van der Waals surface area (Å²) in [5, 5.41) is 26.6. The number of para-hydroxylation sites is 1. The van der Waals surface area contributed by atoms with Gasteiger partial charge in [0.05, 0.1) is 12.2 Å². The summed E-state index contributed by atoms with van der Waals surface area (Å²) in [7, 11) is 0. The molecule has 5 aromatic rings. The second-order valence-electron chi connectivity index (χ2n) is 7.76. The van der Waals surface area contributed by atoms with Gasteiger partial charge in [0.25, 0.3) is 0 Å². The Kier molecular flexibility index (Phi) is 7.47. The van der Waals surface area contributed by atoms with Gasteiger partial charge in [-0.2, -0.15) is 19.7 Å². The van der Waals surface area contributed by atoms with Crippen molar-refractivity contribution < 1.29 is 0 Å². The third kappa shape index (κ3) is 5.94. The molecule has 0 bridgehead atoms. The number of benzene rings is 3. The van der Waals surface area contributed by atoms with Gasteiger partial charge in [-0.3, -0.25) is 0 Å². The molecular formula is C25H23ClN8S. The number of halogens is 1. The lowest BCUT2D eigenvalue weighted by Gasteiger charge is -2.05. The summed E-state index contributed by atoms with van der Waals surface area (Å²) in [4.78, 5) is 1.73. The number of nitrogens with zero attached hydrogens (tertiary/aromatic N) is 7. The van der Waals surface area contributed by atoms with Gasteiger partial charge in [-0.25, -0.2) is 0 Å². The first-order valence-corrected chi connectivity index (χ1v) is 12.5. The van der Waals surface area contributed by atoms with Crippen LogP contribution in [0.2, 0.25) is 5.02 Å². The molecule has 0 saturated carbocycles. The second kappa shape index (κ2) is 11.3. The molecule has 2 heterocycles. The molecule has 8 nitrogen and oxygen atoms in total. The van der Waals surface area contributed by atoms with Crippen molar-refractivity contribution in [3.63, 3.8) is 0 Å². The molecule has 0 atom stereocenters. The van der Waals surface area contributed by atoms with Crippen molar-refractivity contribution in [2.75, 3.05) is 12.3 Å². The molecule has 2 aromatic heterocycles. The van der Waals surface area contributed by atoms with Crippen LogP contribution in [0.4, 0.5) is 0 Å². The topological polar surface area (TPSA) is 86.3 Å². The van der Waals surface area contributed by atoms with Crippen molar-refractivity contribution in [2.45, 2.75) is 18.2 Å². The SMILES string of the molecule is Clc1cccc(Cn2nc(CNCCSc3nnnn3-c3ccccc3)c(-c3ccccc3)n2)c1. The smallest absolute Gasteiger partial charge is 0.214 e. The van der Waals surface area contributed by atoms with Crippen molar-refractivity contribution in [3.05, 3.63) is 101 Å². The van der Waals surface area contributed by atoms with E-state index in [-0.39, 0.29) is 0 Å². The quantitative estimate of drug-likeness (QED) is 0.222. The van der Waals surface area contributed by atoms with Crippen LogP contribution >= 0.6 is 23.4 Å². The molecule has 0 aliphatic carbocycles. The molecule has 176 valence electrons. The average molecular weight is 503 g/mol. The molecule has 0 radical (unpaired) electrons. The van der Waals surface area contributed by atoms with Crippen LogP contribution in [0, 0.1) is 0 Å². The highest BCUT2D eigenvalue weighted by atomic mass is 35.5. The fraction of sp³-hybridized carbons (Fsp3) is 0.160. The van der Waals surface area contributed by atoms with E-state index in [1.54, 1.807) is 21.2 Å². The fourth-order valence-electron chi connectivity index (χ4n) is 3.61. The van der Waals surface area contributed by atoms with Crippen LogP contribution in [0.25, 0.3) is 16.9 Å². The minimum atomic E-state index is 0.554. The van der Waals surface area contributed by atoms with E-state index in [2.05, 4.69) is 33.0 Å². The van der Waals surface area contributed by atoms with Gasteiger partial charge < -0.3 is 5.32 Å². The molecule has 0 aliphatic heterocycles. The normalized spacial score (nSPS) is 11.1. The van der Waals surface area contributed by atoms with E-state index in [1.807, 2.05) is 72.8 Å². The van der Waals surface area contributed by atoms with E-state index < -0.39 is 0 Å². The summed E-state index contributed by atoms with van der Waals surface area (Å²) in [6.45, 7) is 1.92. The highest BCUT2D eigenvalue weighted by molar-refractivity contribution is 7.99. The van der Waals surface area contributed by atoms with Crippen LogP contribution in [-0.4, -0.2) is 47.5 Å². The van der Waals surface area contributed by atoms with Crippen LogP contribution in [0.5, 0.6) is 0 Å². The average Bonchev–Trinajstić information content (AvgIpc) is 3.52. The zero-order valence-electron chi connectivity index (χ0n) is 18.8. The van der Waals surface area contributed by atoms with Gasteiger partial charge in [0.2, 0.25) is 5.16 Å². The minimum absolute atomic E-state index is 0.554. The number of hydrogen-bond acceptors (Lipinski definition) is 7. The predicted molar refractivity (Wildman–Crippen MR) is 138 cm³/mol. The Hall–Kier alpha value is -3.53. The highest BCUT2D eigenvalue weighted by Gasteiger charge is 2.14. The van der Waals surface area contributed by atoms with Crippen molar-refractivity contribution in [3.8, 4) is 16.9 Å². The molecule has 0 spiro atoms. The molecule has 5 rings (SSSR count). The molecule has 0 saturated heterocycles. The zero-order chi connectivity index (χ0) is 23.9. The van der Waals surface area contributed by atoms with Gasteiger partial charge in [0.15, 0.2) is 0 Å². The fourth-order valence-corrected chi connectivity index (χ4v) is 4.61. The van der Waals surface area contributed by atoms with E-state index >= 15 is 0 Å². The van der Waals surface area contributed by atoms with Crippen molar-refractivity contribution >= 4 is 23.4 Å². The largest absolute Gasteiger partial charge is 0.310 e. The maximum Gasteiger partial charge on any atom is 0.214 e. The monoisotopic (exact) mass is 502 g/mol. The maximum absolute atomic E-state index is 6.15. The van der Waals surface area contributed by atoms with E-state index in [4.69, 9.17) is 21.8 Å². The van der Waals surface area contributed by atoms with Gasteiger partial charge in [-0.1, -0.05) is 84.0 Å². The number of rotatable bonds is 10. The van der Waals surface area contributed by atoms with Crippen molar-refractivity contribution in [1.29, 1.82) is 0 Å². The molecule has 35 heavy (non-hydrogen) atoms. The van der Waals surface area contributed by atoms with E-state index in [0.29, 0.717) is 18.1 Å². The third-order valence-electron chi connectivity index (χ3n) is 5.23. The third-order valence-corrected chi connectivity index (χ3v) is 6.39. The molecule has 0 unspecified atom stereocenters. The van der Waals surface area contributed by atoms with Crippen LogP contribution < -0.4 is 5.32 Å². The maximum atomic E-state index is 6.15. The number of tetrazole rings is 1. The Labute approximate surface area is 212 Å². The predicted octanol–water partition coefficient (Wildman–Crippen LogP) is 4.50. The van der Waals surface area contributed by atoms with Gasteiger partial charge in [0.1, 0.15) is 11.4 Å². The molecule has 1 N–H and O–H groups in total.